The Hall–Kier alpha value is -1.94. The van der Waals surface area contributed by atoms with Crippen LogP contribution in [0.2, 0.25) is 0 Å². The second kappa shape index (κ2) is 59.1. The lowest BCUT2D eigenvalue weighted by Crippen LogP contribution is -2.30. The van der Waals surface area contributed by atoms with Crippen molar-refractivity contribution in [1.29, 1.82) is 0 Å². The molecule has 8 atom stereocenters. The Labute approximate surface area is 530 Å². The maximum Gasteiger partial charge on any atom is 0.472 e. The average Bonchev–Trinajstić information content (AvgIpc) is 3.70. The third-order valence-electron chi connectivity index (χ3n) is 16.7. The molecule has 17 nitrogen and oxygen atoms in total. The quantitative estimate of drug-likeness (QED) is 0.0222. The molecule has 0 aliphatic rings. The average molecular weight is 1280 g/mol. The number of hydrogen-bond donors (Lipinski definition) is 3. The van der Waals surface area contributed by atoms with Crippen molar-refractivity contribution in [3.8, 4) is 0 Å². The third kappa shape index (κ3) is 58.9. The highest BCUT2D eigenvalue weighted by atomic mass is 31.2. The van der Waals surface area contributed by atoms with Gasteiger partial charge in [-0.25, -0.2) is 9.13 Å². The summed E-state index contributed by atoms with van der Waals surface area (Å²) in [6.07, 6.45) is 42.0. The first-order valence-corrected chi connectivity index (χ1v) is 38.5. The van der Waals surface area contributed by atoms with Crippen LogP contribution in [-0.2, 0) is 65.4 Å². The van der Waals surface area contributed by atoms with Crippen LogP contribution < -0.4 is 0 Å². The van der Waals surface area contributed by atoms with Gasteiger partial charge in [0, 0.05) is 25.7 Å². The molecule has 0 saturated carbocycles. The van der Waals surface area contributed by atoms with Crippen LogP contribution in [0.15, 0.2) is 0 Å². The molecular weight excluding hydrogens is 1150 g/mol. The summed E-state index contributed by atoms with van der Waals surface area (Å²) < 4.78 is 68.0. The fourth-order valence-electron chi connectivity index (χ4n) is 10.1. The zero-order chi connectivity index (χ0) is 64.5. The fraction of sp³-hybridized carbons (Fsp3) is 0.941. The molecule has 19 heteroatoms. The fourth-order valence-corrected chi connectivity index (χ4v) is 11.7. The van der Waals surface area contributed by atoms with E-state index in [0.29, 0.717) is 25.7 Å². The van der Waals surface area contributed by atoms with E-state index in [1.807, 2.05) is 0 Å². The molecule has 0 aromatic carbocycles. The molecule has 0 fully saturated rings. The van der Waals surface area contributed by atoms with Gasteiger partial charge in [0.25, 0.3) is 0 Å². The first-order chi connectivity index (χ1) is 41.8. The molecular formula is C68H132O17P2. The lowest BCUT2D eigenvalue weighted by Gasteiger charge is -2.21. The van der Waals surface area contributed by atoms with E-state index in [0.717, 1.165) is 114 Å². The summed E-state index contributed by atoms with van der Waals surface area (Å²) in [6.45, 7) is 11.8. The Kier molecular flexibility index (Phi) is 57.8. The zero-order valence-electron chi connectivity index (χ0n) is 56.5. The van der Waals surface area contributed by atoms with Crippen LogP contribution in [0.4, 0.5) is 0 Å². The van der Waals surface area contributed by atoms with Crippen LogP contribution in [0.25, 0.3) is 0 Å². The van der Waals surface area contributed by atoms with Gasteiger partial charge in [-0.15, -0.1) is 0 Å². The molecule has 0 spiro atoms. The van der Waals surface area contributed by atoms with Crippen LogP contribution in [0, 0.1) is 17.8 Å². The molecule has 0 bridgehead atoms. The molecule has 3 N–H and O–H groups in total. The Morgan fingerprint density at radius 1 is 0.322 bits per heavy atom. The first-order valence-electron chi connectivity index (χ1n) is 35.5. The highest BCUT2D eigenvalue weighted by Gasteiger charge is 2.30. The number of rotatable bonds is 66. The summed E-state index contributed by atoms with van der Waals surface area (Å²) in [4.78, 5) is 72.2. The molecule has 0 saturated heterocycles. The summed E-state index contributed by atoms with van der Waals surface area (Å²) >= 11 is 0. The Balaban J connectivity index is 5.17. The molecule has 0 amide bonds. The number of aliphatic hydroxyl groups excluding tert-OH is 1. The molecule has 516 valence electrons. The van der Waals surface area contributed by atoms with Gasteiger partial charge in [-0.1, -0.05) is 286 Å². The SMILES string of the molecule is CCCCCCCC(=O)OC[C@H](COP(=O)(O)OC[C@H](O)COP(=O)(O)OC[C@@H](COC(=O)CCCCCCCCCCCCC(C)CC)OC(=O)CCCCCCCCCCCCCCCCC(C)CC)OC(=O)CCCCCCCCC(C)CC. The second-order valence-electron chi connectivity index (χ2n) is 25.3. The number of hydrogen-bond acceptors (Lipinski definition) is 15. The predicted molar refractivity (Wildman–Crippen MR) is 349 cm³/mol. The first kappa shape index (κ1) is 85.1. The van der Waals surface area contributed by atoms with Crippen molar-refractivity contribution in [3.05, 3.63) is 0 Å². The van der Waals surface area contributed by atoms with Gasteiger partial charge in [0.2, 0.25) is 0 Å². The Morgan fingerprint density at radius 2 is 0.552 bits per heavy atom. The zero-order valence-corrected chi connectivity index (χ0v) is 58.3. The van der Waals surface area contributed by atoms with Crippen molar-refractivity contribution >= 4 is 39.5 Å². The van der Waals surface area contributed by atoms with Crippen LogP contribution in [0.1, 0.15) is 337 Å². The van der Waals surface area contributed by atoms with Crippen molar-refractivity contribution < 1.29 is 80.2 Å². The number of unbranched alkanes of at least 4 members (excludes halogenated alkanes) is 31. The minimum absolute atomic E-state index is 0.102. The summed E-state index contributed by atoms with van der Waals surface area (Å²) in [5, 5.41) is 10.5. The number of phosphoric acid groups is 2. The number of aliphatic hydroxyl groups is 1. The number of carbonyl (C=O) groups is 4. The minimum Gasteiger partial charge on any atom is -0.462 e. The van der Waals surface area contributed by atoms with Crippen molar-refractivity contribution in [2.75, 3.05) is 39.6 Å². The summed E-state index contributed by atoms with van der Waals surface area (Å²) in [5.74, 6) is 0.233. The van der Waals surface area contributed by atoms with Gasteiger partial charge >= 0.3 is 39.5 Å². The molecule has 0 aliphatic heterocycles. The minimum atomic E-state index is -4.95. The van der Waals surface area contributed by atoms with Crippen LogP contribution in [0.3, 0.4) is 0 Å². The van der Waals surface area contributed by atoms with E-state index in [1.54, 1.807) is 0 Å². The van der Waals surface area contributed by atoms with Gasteiger partial charge in [0.1, 0.15) is 19.3 Å². The van der Waals surface area contributed by atoms with Gasteiger partial charge in [-0.3, -0.25) is 37.3 Å². The van der Waals surface area contributed by atoms with Crippen molar-refractivity contribution in [2.45, 2.75) is 356 Å². The molecule has 0 heterocycles. The molecule has 0 aromatic heterocycles. The van der Waals surface area contributed by atoms with Crippen LogP contribution >= 0.6 is 15.6 Å². The number of phosphoric ester groups is 2. The lowest BCUT2D eigenvalue weighted by atomic mass is 9.99. The van der Waals surface area contributed by atoms with Gasteiger partial charge in [0.15, 0.2) is 12.2 Å². The maximum absolute atomic E-state index is 13.0. The smallest absolute Gasteiger partial charge is 0.462 e. The van der Waals surface area contributed by atoms with Crippen LogP contribution in [-0.4, -0.2) is 96.7 Å². The number of carbonyl (C=O) groups excluding carboxylic acids is 4. The molecule has 0 rings (SSSR count). The summed E-state index contributed by atoms with van der Waals surface area (Å²) in [7, 11) is -9.89. The highest BCUT2D eigenvalue weighted by Crippen LogP contribution is 2.45. The standard InChI is InChI=1S/C68H132O17P2/c1-8-12-13-32-42-49-65(70)78-55-63(85-68(73)52-45-38-31-30-35-41-48-61(7)11-4)57-82-86(74,75)80-53-62(69)54-81-87(76,77)83-58-64(56-79-66(71)50-43-36-28-24-21-20-23-27-34-40-47-60(6)10-3)84-67(72)51-44-37-29-25-19-17-15-14-16-18-22-26-33-39-46-59(5)9-2/h59-64,69H,8-58H2,1-7H3,(H,74,75)(H,76,77)/t59?,60?,61?,62-,63+,64+/m0/s1. The van der Waals surface area contributed by atoms with E-state index in [-0.39, 0.29) is 25.7 Å². The van der Waals surface area contributed by atoms with Crippen molar-refractivity contribution in [1.82, 2.24) is 0 Å². The van der Waals surface area contributed by atoms with Gasteiger partial charge in [-0.2, -0.15) is 0 Å². The maximum atomic E-state index is 13.0. The van der Waals surface area contributed by atoms with Gasteiger partial charge < -0.3 is 33.8 Å². The molecule has 5 unspecified atom stereocenters. The largest absolute Gasteiger partial charge is 0.472 e. The Morgan fingerprint density at radius 3 is 0.816 bits per heavy atom. The number of esters is 4. The van der Waals surface area contributed by atoms with Crippen LogP contribution in [0.5, 0.6) is 0 Å². The van der Waals surface area contributed by atoms with Crippen molar-refractivity contribution in [2.24, 2.45) is 17.8 Å². The third-order valence-corrected chi connectivity index (χ3v) is 18.6. The van der Waals surface area contributed by atoms with Gasteiger partial charge in [0.05, 0.1) is 26.4 Å². The number of ether oxygens (including phenoxy) is 4. The normalized spacial score (nSPS) is 15.2. The summed E-state index contributed by atoms with van der Waals surface area (Å²) in [5.41, 5.74) is 0. The molecule has 87 heavy (non-hydrogen) atoms. The van der Waals surface area contributed by atoms with E-state index in [4.69, 9.17) is 37.0 Å². The van der Waals surface area contributed by atoms with Gasteiger partial charge in [-0.05, 0) is 43.4 Å². The second-order valence-corrected chi connectivity index (χ2v) is 28.2. The molecule has 0 aliphatic carbocycles. The Bertz CT molecular complexity index is 1720. The lowest BCUT2D eigenvalue weighted by molar-refractivity contribution is -0.161. The van der Waals surface area contributed by atoms with E-state index in [9.17, 15) is 43.2 Å². The summed E-state index contributed by atoms with van der Waals surface area (Å²) in [6, 6.07) is 0. The van der Waals surface area contributed by atoms with Crippen molar-refractivity contribution in [3.63, 3.8) is 0 Å². The van der Waals surface area contributed by atoms with E-state index >= 15 is 0 Å². The highest BCUT2D eigenvalue weighted by molar-refractivity contribution is 7.47. The van der Waals surface area contributed by atoms with E-state index < -0.39 is 97.5 Å². The van der Waals surface area contributed by atoms with E-state index in [1.165, 1.54) is 141 Å². The topological polar surface area (TPSA) is 237 Å². The monoisotopic (exact) mass is 1280 g/mol. The predicted octanol–water partition coefficient (Wildman–Crippen LogP) is 19.1. The van der Waals surface area contributed by atoms with E-state index in [2.05, 4.69) is 48.5 Å². The molecule has 0 aromatic rings. The molecule has 0 radical (unpaired) electrons.